The van der Waals surface area contributed by atoms with E-state index in [0.29, 0.717) is 10.6 Å². The highest BCUT2D eigenvalue weighted by Crippen LogP contribution is 2.18. The first-order chi connectivity index (χ1) is 8.41. The van der Waals surface area contributed by atoms with Gasteiger partial charge in [0.15, 0.2) is 0 Å². The average molecular weight is 269 g/mol. The summed E-state index contributed by atoms with van der Waals surface area (Å²) in [7, 11) is 5.87. The molecule has 0 radical (unpaired) electrons. The van der Waals surface area contributed by atoms with E-state index in [1.165, 1.54) is 0 Å². The molecule has 0 saturated heterocycles. The van der Waals surface area contributed by atoms with Gasteiger partial charge in [-0.1, -0.05) is 23.2 Å². The first-order valence-corrected chi connectivity index (χ1v) is 6.46. The molecule has 100 valence electrons. The SMILES string of the molecule is Cc1ccc(Cl)c(C(=O)N(C)CCCN(C)C)c1. The zero-order valence-corrected chi connectivity index (χ0v) is 12.3. The number of carbonyl (C=O) groups is 1. The second kappa shape index (κ2) is 6.76. The third-order valence-corrected chi connectivity index (χ3v) is 3.13. The molecule has 1 rings (SSSR count). The molecule has 0 N–H and O–H groups in total. The third-order valence-electron chi connectivity index (χ3n) is 2.80. The van der Waals surface area contributed by atoms with Crippen molar-refractivity contribution in [3.63, 3.8) is 0 Å². The highest BCUT2D eigenvalue weighted by Gasteiger charge is 2.14. The van der Waals surface area contributed by atoms with E-state index in [1.54, 1.807) is 11.0 Å². The fraction of sp³-hybridized carbons (Fsp3) is 0.500. The molecular formula is C14H21ClN2O. The van der Waals surface area contributed by atoms with Crippen molar-refractivity contribution in [3.05, 3.63) is 34.3 Å². The van der Waals surface area contributed by atoms with Gasteiger partial charge in [0.25, 0.3) is 5.91 Å². The van der Waals surface area contributed by atoms with Crippen LogP contribution in [-0.2, 0) is 0 Å². The molecule has 0 bridgehead atoms. The molecule has 1 aromatic carbocycles. The van der Waals surface area contributed by atoms with Crippen molar-refractivity contribution in [2.45, 2.75) is 13.3 Å². The number of benzene rings is 1. The summed E-state index contributed by atoms with van der Waals surface area (Å²) >= 11 is 6.06. The number of carbonyl (C=O) groups excluding carboxylic acids is 1. The van der Waals surface area contributed by atoms with Crippen LogP contribution < -0.4 is 0 Å². The van der Waals surface area contributed by atoms with Gasteiger partial charge in [0, 0.05) is 13.6 Å². The van der Waals surface area contributed by atoms with Crippen molar-refractivity contribution in [3.8, 4) is 0 Å². The maximum atomic E-state index is 12.2. The van der Waals surface area contributed by atoms with Crippen molar-refractivity contribution < 1.29 is 4.79 Å². The lowest BCUT2D eigenvalue weighted by molar-refractivity contribution is 0.0790. The summed E-state index contributed by atoms with van der Waals surface area (Å²) in [5.41, 5.74) is 1.63. The van der Waals surface area contributed by atoms with Crippen LogP contribution in [0.15, 0.2) is 18.2 Å². The number of hydrogen-bond acceptors (Lipinski definition) is 2. The Kier molecular flexibility index (Phi) is 5.63. The number of hydrogen-bond donors (Lipinski definition) is 0. The minimum absolute atomic E-state index is 0.0116. The molecule has 1 amide bonds. The first kappa shape index (κ1) is 15.0. The van der Waals surface area contributed by atoms with E-state index >= 15 is 0 Å². The highest BCUT2D eigenvalue weighted by molar-refractivity contribution is 6.33. The Hall–Kier alpha value is -1.06. The summed E-state index contributed by atoms with van der Waals surface area (Å²) in [6, 6.07) is 5.52. The number of aryl methyl sites for hydroxylation is 1. The van der Waals surface area contributed by atoms with Crippen molar-refractivity contribution in [1.29, 1.82) is 0 Å². The van der Waals surface area contributed by atoms with E-state index < -0.39 is 0 Å². The minimum Gasteiger partial charge on any atom is -0.342 e. The van der Waals surface area contributed by atoms with Crippen LogP contribution in [0.1, 0.15) is 22.3 Å². The zero-order valence-electron chi connectivity index (χ0n) is 11.5. The van der Waals surface area contributed by atoms with E-state index in [4.69, 9.17) is 11.6 Å². The Bertz CT molecular complexity index is 418. The van der Waals surface area contributed by atoms with E-state index in [2.05, 4.69) is 4.90 Å². The largest absolute Gasteiger partial charge is 0.342 e. The Labute approximate surface area is 114 Å². The fourth-order valence-corrected chi connectivity index (χ4v) is 1.93. The molecule has 0 aliphatic carbocycles. The minimum atomic E-state index is -0.0116. The first-order valence-electron chi connectivity index (χ1n) is 6.08. The molecule has 0 spiro atoms. The molecule has 0 saturated carbocycles. The van der Waals surface area contributed by atoms with Crippen molar-refractivity contribution in [2.24, 2.45) is 0 Å². The van der Waals surface area contributed by atoms with Gasteiger partial charge in [0.1, 0.15) is 0 Å². The molecule has 0 atom stereocenters. The zero-order chi connectivity index (χ0) is 13.7. The van der Waals surface area contributed by atoms with Crippen molar-refractivity contribution >= 4 is 17.5 Å². The molecule has 1 aromatic rings. The van der Waals surface area contributed by atoms with Gasteiger partial charge in [0.2, 0.25) is 0 Å². The molecular weight excluding hydrogens is 248 g/mol. The molecule has 4 heteroatoms. The smallest absolute Gasteiger partial charge is 0.255 e. The average Bonchev–Trinajstić information content (AvgIpc) is 2.30. The second-order valence-corrected chi connectivity index (χ2v) is 5.27. The van der Waals surface area contributed by atoms with Crippen LogP contribution in [0, 0.1) is 6.92 Å². The van der Waals surface area contributed by atoms with Gasteiger partial charge in [-0.15, -0.1) is 0 Å². The van der Waals surface area contributed by atoms with E-state index in [0.717, 1.165) is 25.1 Å². The molecule has 0 aliphatic heterocycles. The third kappa shape index (κ3) is 4.31. The fourth-order valence-electron chi connectivity index (χ4n) is 1.73. The van der Waals surface area contributed by atoms with Gasteiger partial charge < -0.3 is 9.80 Å². The number of rotatable bonds is 5. The molecule has 0 unspecified atom stereocenters. The van der Waals surface area contributed by atoms with Gasteiger partial charge in [0.05, 0.1) is 10.6 Å². The molecule has 0 aliphatic rings. The summed E-state index contributed by atoms with van der Waals surface area (Å²) in [6.45, 7) is 3.67. The Morgan fingerprint density at radius 1 is 1.22 bits per heavy atom. The Morgan fingerprint density at radius 3 is 2.50 bits per heavy atom. The maximum Gasteiger partial charge on any atom is 0.255 e. The number of nitrogens with zero attached hydrogens (tertiary/aromatic N) is 2. The van der Waals surface area contributed by atoms with Gasteiger partial charge in [-0.2, -0.15) is 0 Å². The summed E-state index contributed by atoms with van der Waals surface area (Å²) in [4.78, 5) is 16.1. The summed E-state index contributed by atoms with van der Waals surface area (Å²) in [5.74, 6) is -0.0116. The van der Waals surface area contributed by atoms with E-state index in [9.17, 15) is 4.79 Å². The standard InChI is InChI=1S/C14H21ClN2O/c1-11-6-7-13(15)12(10-11)14(18)17(4)9-5-8-16(2)3/h6-7,10H,5,8-9H2,1-4H3. The molecule has 0 aromatic heterocycles. The molecule has 0 fully saturated rings. The Balaban J connectivity index is 2.65. The molecule has 0 heterocycles. The highest BCUT2D eigenvalue weighted by atomic mass is 35.5. The van der Waals surface area contributed by atoms with Gasteiger partial charge in [-0.3, -0.25) is 4.79 Å². The van der Waals surface area contributed by atoms with Gasteiger partial charge in [-0.05, 0) is 46.1 Å². The summed E-state index contributed by atoms with van der Waals surface area (Å²) in [5, 5.41) is 0.519. The lowest BCUT2D eigenvalue weighted by Gasteiger charge is -2.19. The van der Waals surface area contributed by atoms with Crippen LogP contribution in [0.5, 0.6) is 0 Å². The van der Waals surface area contributed by atoms with Crippen LogP contribution in [0.3, 0.4) is 0 Å². The van der Waals surface area contributed by atoms with Crippen LogP contribution >= 0.6 is 11.6 Å². The van der Waals surface area contributed by atoms with Crippen molar-refractivity contribution in [2.75, 3.05) is 34.2 Å². The normalized spacial score (nSPS) is 10.8. The van der Waals surface area contributed by atoms with Crippen LogP contribution in [0.25, 0.3) is 0 Å². The monoisotopic (exact) mass is 268 g/mol. The maximum absolute atomic E-state index is 12.2. The van der Waals surface area contributed by atoms with Crippen LogP contribution in [0.2, 0.25) is 5.02 Å². The van der Waals surface area contributed by atoms with Crippen LogP contribution in [-0.4, -0.2) is 49.9 Å². The molecule has 3 nitrogen and oxygen atoms in total. The van der Waals surface area contributed by atoms with Crippen molar-refractivity contribution in [1.82, 2.24) is 9.80 Å². The molecule has 18 heavy (non-hydrogen) atoms. The van der Waals surface area contributed by atoms with Gasteiger partial charge >= 0.3 is 0 Å². The quantitative estimate of drug-likeness (QED) is 0.820. The van der Waals surface area contributed by atoms with Gasteiger partial charge in [-0.25, -0.2) is 0 Å². The van der Waals surface area contributed by atoms with Crippen LogP contribution in [0.4, 0.5) is 0 Å². The predicted octanol–water partition coefficient (Wildman–Crippen LogP) is 2.67. The Morgan fingerprint density at radius 2 is 1.89 bits per heavy atom. The second-order valence-electron chi connectivity index (χ2n) is 4.87. The lowest BCUT2D eigenvalue weighted by atomic mass is 10.1. The lowest BCUT2D eigenvalue weighted by Crippen LogP contribution is -2.30. The summed E-state index contributed by atoms with van der Waals surface area (Å²) < 4.78 is 0. The number of amides is 1. The van der Waals surface area contributed by atoms with E-state index in [-0.39, 0.29) is 5.91 Å². The summed E-state index contributed by atoms with van der Waals surface area (Å²) in [6.07, 6.45) is 0.957. The topological polar surface area (TPSA) is 23.6 Å². The number of halogens is 1. The predicted molar refractivity (Wildman–Crippen MR) is 76.3 cm³/mol. The van der Waals surface area contributed by atoms with E-state index in [1.807, 2.05) is 40.2 Å².